The maximum Gasteiger partial charge on any atom is 0.136 e. The van der Waals surface area contributed by atoms with Crippen molar-refractivity contribution in [3.63, 3.8) is 0 Å². The van der Waals surface area contributed by atoms with Crippen molar-refractivity contribution < 1.29 is 10.2 Å². The van der Waals surface area contributed by atoms with Crippen molar-refractivity contribution in [1.82, 2.24) is 0 Å². The Kier molecular flexibility index (Phi) is 11.1. The molecule has 0 amide bonds. The third-order valence-corrected chi connectivity index (χ3v) is 7.24. The Morgan fingerprint density at radius 1 is 0.760 bits per heavy atom. The van der Waals surface area contributed by atoms with Crippen LogP contribution in [0.4, 0.5) is 0 Å². The van der Waals surface area contributed by atoms with Crippen LogP contribution in [0, 0.1) is 19.0 Å². The van der Waals surface area contributed by atoms with E-state index in [4.69, 9.17) is 0 Å². The second-order valence-electron chi connectivity index (χ2n) is 7.71. The number of unbranched alkanes of at least 4 members (excludes halogenated alkanes) is 2. The molecular formula is C21H34I2O2. The highest BCUT2D eigenvalue weighted by Gasteiger charge is 2.21. The van der Waals surface area contributed by atoms with Crippen molar-refractivity contribution in [1.29, 1.82) is 0 Å². The molecule has 0 fully saturated rings. The largest absolute Gasteiger partial charge is 0.506 e. The second kappa shape index (κ2) is 11.9. The van der Waals surface area contributed by atoms with E-state index in [2.05, 4.69) is 72.9 Å². The Bertz CT molecular complexity index is 512. The first-order valence-corrected chi connectivity index (χ1v) is 11.9. The number of benzene rings is 1. The van der Waals surface area contributed by atoms with Crippen LogP contribution in [0.3, 0.4) is 0 Å². The van der Waals surface area contributed by atoms with Crippen molar-refractivity contribution in [2.75, 3.05) is 0 Å². The zero-order chi connectivity index (χ0) is 19.0. The molecule has 0 saturated carbocycles. The summed E-state index contributed by atoms with van der Waals surface area (Å²) in [5, 5.41) is 21.3. The van der Waals surface area contributed by atoms with E-state index in [0.717, 1.165) is 49.9 Å². The van der Waals surface area contributed by atoms with Gasteiger partial charge in [0.05, 0.1) is 7.14 Å². The van der Waals surface area contributed by atoms with Crippen molar-refractivity contribution >= 4 is 45.2 Å². The lowest BCUT2D eigenvalue weighted by Gasteiger charge is -2.18. The molecule has 0 radical (unpaired) electrons. The van der Waals surface area contributed by atoms with Crippen LogP contribution in [0.15, 0.2) is 0 Å². The number of rotatable bonds is 11. The van der Waals surface area contributed by atoms with E-state index in [-0.39, 0.29) is 0 Å². The normalized spacial score (nSPS) is 12.8. The zero-order valence-electron chi connectivity index (χ0n) is 16.2. The number of halogens is 2. The van der Waals surface area contributed by atoms with Gasteiger partial charge in [-0.2, -0.15) is 0 Å². The zero-order valence-corrected chi connectivity index (χ0v) is 20.5. The molecule has 4 heteroatoms. The van der Waals surface area contributed by atoms with Gasteiger partial charge in [0.25, 0.3) is 0 Å². The van der Waals surface area contributed by atoms with E-state index in [0.29, 0.717) is 17.4 Å². The lowest BCUT2D eigenvalue weighted by Crippen LogP contribution is -2.03. The molecule has 0 heterocycles. The van der Waals surface area contributed by atoms with Gasteiger partial charge >= 0.3 is 0 Å². The average Bonchev–Trinajstić information content (AvgIpc) is 2.56. The van der Waals surface area contributed by atoms with Crippen LogP contribution in [-0.4, -0.2) is 10.2 Å². The van der Waals surface area contributed by atoms with Crippen molar-refractivity contribution in [3.05, 3.63) is 18.3 Å². The molecule has 144 valence electrons. The summed E-state index contributed by atoms with van der Waals surface area (Å²) in [4.78, 5) is 0. The molecule has 0 spiro atoms. The number of phenols is 2. The van der Waals surface area contributed by atoms with E-state index in [1.165, 1.54) is 32.1 Å². The lowest BCUT2D eigenvalue weighted by molar-refractivity contribution is 0.410. The molecule has 1 rings (SSSR count). The first-order chi connectivity index (χ1) is 11.8. The van der Waals surface area contributed by atoms with E-state index in [1.807, 2.05) is 0 Å². The Hall–Kier alpha value is 0.280. The molecule has 0 bridgehead atoms. The van der Waals surface area contributed by atoms with Gasteiger partial charge < -0.3 is 10.2 Å². The van der Waals surface area contributed by atoms with Crippen LogP contribution in [0.5, 0.6) is 11.5 Å². The van der Waals surface area contributed by atoms with Crippen LogP contribution in [0.2, 0.25) is 0 Å². The highest BCUT2D eigenvalue weighted by Crippen LogP contribution is 2.41. The van der Waals surface area contributed by atoms with Gasteiger partial charge in [0.15, 0.2) is 0 Å². The third kappa shape index (κ3) is 7.43. The second-order valence-corrected chi connectivity index (χ2v) is 9.87. The highest BCUT2D eigenvalue weighted by atomic mass is 127. The molecule has 0 unspecified atom stereocenters. The lowest BCUT2D eigenvalue weighted by atomic mass is 9.93. The first-order valence-electron chi connectivity index (χ1n) is 9.70. The summed E-state index contributed by atoms with van der Waals surface area (Å²) in [6.07, 6.45) is 9.93. The summed E-state index contributed by atoms with van der Waals surface area (Å²) in [6.45, 7) is 9.01. The van der Waals surface area contributed by atoms with Gasteiger partial charge in [0.1, 0.15) is 11.5 Å². The fraction of sp³-hybridized carbons (Fsp3) is 0.714. The monoisotopic (exact) mass is 572 g/mol. The molecule has 25 heavy (non-hydrogen) atoms. The van der Waals surface area contributed by atoms with Crippen molar-refractivity contribution in [2.45, 2.75) is 85.5 Å². The Balaban J connectivity index is 2.77. The molecule has 2 N–H and O–H groups in total. The van der Waals surface area contributed by atoms with Crippen LogP contribution in [0.1, 0.15) is 83.8 Å². The Morgan fingerprint density at radius 2 is 1.36 bits per heavy atom. The fourth-order valence-corrected chi connectivity index (χ4v) is 5.42. The Labute approximate surface area is 181 Å². The van der Waals surface area contributed by atoms with Gasteiger partial charge in [0, 0.05) is 5.56 Å². The molecule has 0 saturated heterocycles. The predicted octanol–water partition coefficient (Wildman–Crippen LogP) is 7.43. The molecule has 1 atom stereocenters. The summed E-state index contributed by atoms with van der Waals surface area (Å²) in [7, 11) is 0. The van der Waals surface area contributed by atoms with Crippen LogP contribution < -0.4 is 0 Å². The maximum atomic E-state index is 10.6. The third-order valence-electron chi connectivity index (χ3n) is 4.91. The molecule has 0 aliphatic carbocycles. The van der Waals surface area contributed by atoms with E-state index in [1.54, 1.807) is 0 Å². The van der Waals surface area contributed by atoms with Crippen LogP contribution in [-0.2, 0) is 12.8 Å². The van der Waals surface area contributed by atoms with E-state index < -0.39 is 0 Å². The highest BCUT2D eigenvalue weighted by molar-refractivity contribution is 14.1. The molecule has 1 aromatic carbocycles. The van der Waals surface area contributed by atoms with E-state index >= 15 is 0 Å². The number of hydrogen-bond donors (Lipinski definition) is 2. The smallest absolute Gasteiger partial charge is 0.136 e. The minimum atomic E-state index is 0.305. The summed E-state index contributed by atoms with van der Waals surface area (Å²) >= 11 is 4.49. The molecule has 1 aromatic rings. The molecular weight excluding hydrogens is 538 g/mol. The molecule has 0 aromatic heterocycles. The van der Waals surface area contributed by atoms with Crippen molar-refractivity contribution in [3.8, 4) is 11.5 Å². The minimum absolute atomic E-state index is 0.305. The van der Waals surface area contributed by atoms with Gasteiger partial charge in [-0.05, 0) is 88.3 Å². The summed E-state index contributed by atoms with van der Waals surface area (Å²) in [6, 6.07) is 0. The number of aromatic hydroxyl groups is 2. The van der Waals surface area contributed by atoms with Crippen LogP contribution >= 0.6 is 45.2 Å². The van der Waals surface area contributed by atoms with Crippen LogP contribution in [0.25, 0.3) is 0 Å². The quantitative estimate of drug-likeness (QED) is 0.214. The molecule has 0 aliphatic heterocycles. The van der Waals surface area contributed by atoms with Gasteiger partial charge in [-0.3, -0.25) is 0 Å². The topological polar surface area (TPSA) is 40.5 Å². The number of hydrogen-bond acceptors (Lipinski definition) is 2. The predicted molar refractivity (Wildman–Crippen MR) is 125 cm³/mol. The summed E-state index contributed by atoms with van der Waals surface area (Å²) in [5.74, 6) is 2.00. The summed E-state index contributed by atoms with van der Waals surface area (Å²) in [5.41, 5.74) is 1.85. The average molecular weight is 572 g/mol. The number of phenolic OH excluding ortho intramolecular Hbond substituents is 2. The SMILES string of the molecule is CCCCCc1c(I)c(O)c(CC[C@@H](C)CCCC(C)C)c(O)c1I. The van der Waals surface area contributed by atoms with Crippen molar-refractivity contribution in [2.24, 2.45) is 11.8 Å². The van der Waals surface area contributed by atoms with Gasteiger partial charge in [-0.1, -0.05) is 59.8 Å². The maximum absolute atomic E-state index is 10.6. The first kappa shape index (κ1) is 23.3. The van der Waals surface area contributed by atoms with Gasteiger partial charge in [0.2, 0.25) is 0 Å². The molecule has 2 nitrogen and oxygen atoms in total. The van der Waals surface area contributed by atoms with E-state index in [9.17, 15) is 10.2 Å². The summed E-state index contributed by atoms with van der Waals surface area (Å²) < 4.78 is 1.86. The minimum Gasteiger partial charge on any atom is -0.506 e. The Morgan fingerprint density at radius 3 is 1.88 bits per heavy atom. The van der Waals surface area contributed by atoms with Gasteiger partial charge in [-0.25, -0.2) is 0 Å². The fourth-order valence-electron chi connectivity index (χ4n) is 3.18. The molecule has 0 aliphatic rings. The van der Waals surface area contributed by atoms with Gasteiger partial charge in [-0.15, -0.1) is 0 Å². The standard InChI is InChI=1S/C21H34I2O2/c1-5-6-7-11-16-18(22)20(24)17(21(25)19(16)23)13-12-15(4)10-8-9-14(2)3/h14-15,24-25H,5-13H2,1-4H3/t15-/m0/s1.